The maximum atomic E-state index is 13.4. The predicted octanol–water partition coefficient (Wildman–Crippen LogP) is 7.26. The predicted molar refractivity (Wildman–Crippen MR) is 142 cm³/mol. The lowest BCUT2D eigenvalue weighted by Crippen LogP contribution is -2.58. The quantitative estimate of drug-likeness (QED) is 0.301. The number of anilines is 1. The van der Waals surface area contributed by atoms with E-state index in [1.807, 2.05) is 0 Å². The number of halogens is 6. The van der Waals surface area contributed by atoms with Gasteiger partial charge in [-0.25, -0.2) is 4.79 Å². The van der Waals surface area contributed by atoms with E-state index in [-0.39, 0.29) is 12.1 Å². The molecule has 1 unspecified atom stereocenters. The topological polar surface area (TPSA) is 66.5 Å². The number of nitrogens with one attached hydrogen (secondary N) is 2. The van der Waals surface area contributed by atoms with Crippen LogP contribution in [0.5, 0.6) is 5.75 Å². The van der Waals surface area contributed by atoms with Gasteiger partial charge in [0.05, 0.1) is 29.8 Å². The standard InChI is InChI=1S/C29H30F6N4O2/c1-3-16-15-39-9-7-17(16)10-25(39)26(22-6-8-36-24-5-4-21(41-2)14-23(22)24)38-27(40)37-20-12-18(28(30,31)32)11-19(13-20)29(33,34)35/h4-6,8,11-14,16-17,25-26H,3,7,9-10,15H2,1-2H3,(H2,37,38,40)/t16-,17-,25-,26+/m0/s1. The summed E-state index contributed by atoms with van der Waals surface area (Å²) < 4.78 is 85.7. The van der Waals surface area contributed by atoms with Crippen molar-refractivity contribution < 1.29 is 35.9 Å². The first-order chi connectivity index (χ1) is 19.4. The number of methoxy groups -OCH3 is 1. The lowest BCUT2D eigenvalue weighted by Gasteiger charge is -2.52. The smallest absolute Gasteiger partial charge is 0.416 e. The molecule has 3 aromatic rings. The Kier molecular flexibility index (Phi) is 7.80. The molecule has 3 saturated heterocycles. The molecule has 6 rings (SSSR count). The molecule has 41 heavy (non-hydrogen) atoms. The fraction of sp³-hybridized carbons (Fsp3) is 0.448. The summed E-state index contributed by atoms with van der Waals surface area (Å²) >= 11 is 0. The van der Waals surface area contributed by atoms with Gasteiger partial charge >= 0.3 is 18.4 Å². The Bertz CT molecular complexity index is 1390. The summed E-state index contributed by atoms with van der Waals surface area (Å²) in [5.74, 6) is 1.55. The molecule has 3 fully saturated rings. The normalized spacial score (nSPS) is 23.3. The van der Waals surface area contributed by atoms with Crippen LogP contribution < -0.4 is 15.4 Å². The molecule has 12 heteroatoms. The summed E-state index contributed by atoms with van der Waals surface area (Å²) in [4.78, 5) is 20.0. The zero-order chi connectivity index (χ0) is 29.5. The first kappa shape index (κ1) is 29.0. The van der Waals surface area contributed by atoms with Crippen LogP contribution in [-0.4, -0.2) is 42.2 Å². The van der Waals surface area contributed by atoms with E-state index in [4.69, 9.17) is 4.74 Å². The Labute approximate surface area is 233 Å². The summed E-state index contributed by atoms with van der Waals surface area (Å²) in [6, 6.07) is 6.48. The number of piperidine rings is 3. The van der Waals surface area contributed by atoms with Gasteiger partial charge in [0.1, 0.15) is 5.75 Å². The van der Waals surface area contributed by atoms with Crippen molar-refractivity contribution in [2.24, 2.45) is 11.8 Å². The minimum absolute atomic E-state index is 0.0264. The number of benzene rings is 2. The minimum Gasteiger partial charge on any atom is -0.497 e. The third kappa shape index (κ3) is 6.07. The molecule has 0 aliphatic carbocycles. The molecule has 0 saturated carbocycles. The molecule has 3 aliphatic heterocycles. The van der Waals surface area contributed by atoms with Gasteiger partial charge in [-0.2, -0.15) is 26.3 Å². The van der Waals surface area contributed by atoms with Gasteiger partial charge in [0.2, 0.25) is 0 Å². The highest BCUT2D eigenvalue weighted by Crippen LogP contribution is 2.43. The van der Waals surface area contributed by atoms with Crippen LogP contribution in [0.15, 0.2) is 48.7 Å². The number of nitrogens with zero attached hydrogens (tertiary/aromatic N) is 2. The SMILES string of the molecule is CC[C@H]1CN2CC[C@H]1C[C@H]2[C@H](NC(=O)Nc1cc(C(F)(F)F)cc(C(F)(F)F)c1)c1ccnc2ccc(OC)cc12. The second-order valence-corrected chi connectivity index (χ2v) is 10.7. The molecular formula is C29H30F6N4O2. The second kappa shape index (κ2) is 11.0. The average Bonchev–Trinajstić information content (AvgIpc) is 2.94. The number of carbonyl (C=O) groups is 1. The van der Waals surface area contributed by atoms with Gasteiger partial charge in [-0.15, -0.1) is 0 Å². The molecule has 3 aliphatic rings. The number of carbonyl (C=O) groups excluding carboxylic acids is 1. The van der Waals surface area contributed by atoms with Crippen LogP contribution in [0.4, 0.5) is 36.8 Å². The molecule has 4 heterocycles. The molecular weight excluding hydrogens is 550 g/mol. The Balaban J connectivity index is 1.51. The number of urea groups is 1. The van der Waals surface area contributed by atoms with Gasteiger partial charge in [0.25, 0.3) is 0 Å². The molecule has 2 aromatic carbocycles. The second-order valence-electron chi connectivity index (χ2n) is 10.7. The van der Waals surface area contributed by atoms with E-state index in [9.17, 15) is 31.1 Å². The van der Waals surface area contributed by atoms with Crippen molar-refractivity contribution in [3.05, 3.63) is 65.4 Å². The Morgan fingerprint density at radius 3 is 2.37 bits per heavy atom. The third-order valence-electron chi connectivity index (χ3n) is 8.29. The van der Waals surface area contributed by atoms with Crippen LogP contribution in [-0.2, 0) is 12.4 Å². The lowest BCUT2D eigenvalue weighted by molar-refractivity contribution is -0.143. The van der Waals surface area contributed by atoms with Crippen LogP contribution in [0.2, 0.25) is 0 Å². The van der Waals surface area contributed by atoms with Gasteiger partial charge < -0.3 is 15.4 Å². The average molecular weight is 581 g/mol. The number of rotatable bonds is 6. The van der Waals surface area contributed by atoms with Gasteiger partial charge in [-0.05, 0) is 79.3 Å². The fourth-order valence-corrected chi connectivity index (χ4v) is 6.25. The maximum Gasteiger partial charge on any atom is 0.416 e. The van der Waals surface area contributed by atoms with Crippen molar-refractivity contribution in [3.8, 4) is 5.75 Å². The van der Waals surface area contributed by atoms with Crippen molar-refractivity contribution in [2.45, 2.75) is 50.6 Å². The molecule has 5 atom stereocenters. The number of amides is 2. The van der Waals surface area contributed by atoms with Crippen LogP contribution in [0.25, 0.3) is 10.9 Å². The highest BCUT2D eigenvalue weighted by molar-refractivity contribution is 5.91. The Morgan fingerprint density at radius 1 is 1.07 bits per heavy atom. The van der Waals surface area contributed by atoms with Gasteiger partial charge in [-0.3, -0.25) is 9.88 Å². The van der Waals surface area contributed by atoms with Crippen LogP contribution >= 0.6 is 0 Å². The molecule has 2 N–H and O–H groups in total. The number of aromatic nitrogens is 1. The van der Waals surface area contributed by atoms with Gasteiger partial charge in [0, 0.05) is 29.9 Å². The van der Waals surface area contributed by atoms with Crippen molar-refractivity contribution in [3.63, 3.8) is 0 Å². The number of hydrogen-bond donors (Lipinski definition) is 2. The Hall–Kier alpha value is -3.54. The number of fused-ring (bicyclic) bond motifs is 4. The van der Waals surface area contributed by atoms with Crippen LogP contribution in [0.1, 0.15) is 48.9 Å². The fourth-order valence-electron chi connectivity index (χ4n) is 6.25. The first-order valence-corrected chi connectivity index (χ1v) is 13.4. The summed E-state index contributed by atoms with van der Waals surface area (Å²) in [6.45, 7) is 3.83. The van der Waals surface area contributed by atoms with E-state index >= 15 is 0 Å². The molecule has 6 nitrogen and oxygen atoms in total. The van der Waals surface area contributed by atoms with E-state index in [1.165, 1.54) is 7.11 Å². The number of alkyl halides is 6. The molecule has 1 aromatic heterocycles. The molecule has 0 radical (unpaired) electrons. The summed E-state index contributed by atoms with van der Waals surface area (Å²) in [5, 5.41) is 5.85. The number of pyridine rings is 1. The van der Waals surface area contributed by atoms with E-state index in [0.717, 1.165) is 43.3 Å². The van der Waals surface area contributed by atoms with Crippen LogP contribution in [0.3, 0.4) is 0 Å². The highest BCUT2D eigenvalue weighted by Gasteiger charge is 2.44. The van der Waals surface area contributed by atoms with Gasteiger partial charge in [0.15, 0.2) is 0 Å². The summed E-state index contributed by atoms with van der Waals surface area (Å²) in [6.07, 6.45) is -5.60. The van der Waals surface area contributed by atoms with E-state index in [1.54, 1.807) is 30.5 Å². The summed E-state index contributed by atoms with van der Waals surface area (Å²) in [7, 11) is 1.53. The third-order valence-corrected chi connectivity index (χ3v) is 8.29. The van der Waals surface area contributed by atoms with Crippen molar-refractivity contribution in [1.29, 1.82) is 0 Å². The minimum atomic E-state index is -5.03. The molecule has 0 spiro atoms. The van der Waals surface area contributed by atoms with Crippen LogP contribution in [0, 0.1) is 11.8 Å². The van der Waals surface area contributed by atoms with Crippen molar-refractivity contribution in [2.75, 3.05) is 25.5 Å². The van der Waals surface area contributed by atoms with Gasteiger partial charge in [-0.1, -0.05) is 13.3 Å². The summed E-state index contributed by atoms with van der Waals surface area (Å²) in [5.41, 5.74) is -2.23. The Morgan fingerprint density at radius 2 is 1.78 bits per heavy atom. The molecule has 220 valence electrons. The molecule has 2 amide bonds. The van der Waals surface area contributed by atoms with E-state index in [0.29, 0.717) is 35.2 Å². The zero-order valence-electron chi connectivity index (χ0n) is 22.4. The molecule has 2 bridgehead atoms. The largest absolute Gasteiger partial charge is 0.497 e. The van der Waals surface area contributed by atoms with Crippen molar-refractivity contribution >= 4 is 22.6 Å². The highest BCUT2D eigenvalue weighted by atomic mass is 19.4. The maximum absolute atomic E-state index is 13.4. The number of ether oxygens (including phenoxy) is 1. The number of hydrogen-bond acceptors (Lipinski definition) is 4. The lowest BCUT2D eigenvalue weighted by atomic mass is 9.72. The first-order valence-electron chi connectivity index (χ1n) is 13.4. The van der Waals surface area contributed by atoms with E-state index < -0.39 is 41.2 Å². The van der Waals surface area contributed by atoms with Crippen molar-refractivity contribution in [1.82, 2.24) is 15.2 Å². The zero-order valence-corrected chi connectivity index (χ0v) is 22.4. The van der Waals surface area contributed by atoms with E-state index in [2.05, 4.69) is 27.4 Å². The monoisotopic (exact) mass is 580 g/mol.